The first-order chi connectivity index (χ1) is 12.0. The van der Waals surface area contributed by atoms with Gasteiger partial charge < -0.3 is 10.4 Å². The maximum absolute atomic E-state index is 12.0. The molecule has 3 saturated carbocycles. The van der Waals surface area contributed by atoms with E-state index >= 15 is 0 Å². The van der Waals surface area contributed by atoms with Crippen molar-refractivity contribution in [2.24, 2.45) is 17.8 Å². The smallest absolute Gasteiger partial charge is 0.223 e. The average Bonchev–Trinajstić information content (AvgIpc) is 3.09. The first kappa shape index (κ1) is 15.6. The third kappa shape index (κ3) is 2.64. The highest BCUT2D eigenvalue weighted by Crippen LogP contribution is 2.54. The van der Waals surface area contributed by atoms with Crippen LogP contribution in [0.3, 0.4) is 0 Å². The summed E-state index contributed by atoms with van der Waals surface area (Å²) in [6.07, 6.45) is 7.22. The second-order valence-electron chi connectivity index (χ2n) is 8.20. The van der Waals surface area contributed by atoms with Crippen molar-refractivity contribution in [1.82, 2.24) is 15.5 Å². The van der Waals surface area contributed by atoms with E-state index in [1.807, 2.05) is 12.1 Å². The molecule has 5 rings (SSSR count). The summed E-state index contributed by atoms with van der Waals surface area (Å²) < 4.78 is 0. The molecule has 25 heavy (non-hydrogen) atoms. The highest BCUT2D eigenvalue weighted by atomic mass is 35.5. The number of hydrogen-bond acceptors (Lipinski definition) is 3. The number of amides is 1. The normalized spacial score (nSPS) is 34.4. The predicted octanol–water partition coefficient (Wildman–Crippen LogP) is 3.12. The number of carbonyl (C=O) groups excluding carboxylic acids is 1. The maximum Gasteiger partial charge on any atom is 0.223 e. The lowest BCUT2D eigenvalue weighted by Gasteiger charge is -2.26. The zero-order valence-corrected chi connectivity index (χ0v) is 14.7. The second-order valence-corrected chi connectivity index (χ2v) is 8.64. The highest BCUT2D eigenvalue weighted by molar-refractivity contribution is 6.31. The van der Waals surface area contributed by atoms with Crippen LogP contribution in [0.5, 0.6) is 0 Å². The molecule has 5 nitrogen and oxygen atoms in total. The Kier molecular flexibility index (Phi) is 3.41. The number of aliphatic hydroxyl groups is 1. The van der Waals surface area contributed by atoms with Crippen LogP contribution >= 0.6 is 11.6 Å². The minimum absolute atomic E-state index is 0.231. The Hall–Kier alpha value is -1.59. The Bertz CT molecular complexity index is 830. The Morgan fingerprint density at radius 1 is 1.28 bits per heavy atom. The van der Waals surface area contributed by atoms with Gasteiger partial charge in [0, 0.05) is 27.9 Å². The van der Waals surface area contributed by atoms with E-state index in [-0.39, 0.29) is 17.9 Å². The minimum Gasteiger partial charge on any atom is -0.385 e. The molecule has 3 aliphatic carbocycles. The number of rotatable bonds is 3. The summed E-state index contributed by atoms with van der Waals surface area (Å²) in [4.78, 5) is 12.0. The van der Waals surface area contributed by atoms with E-state index in [0.29, 0.717) is 16.9 Å². The summed E-state index contributed by atoms with van der Waals surface area (Å²) in [5.41, 5.74) is 0.877. The minimum atomic E-state index is -0.865. The van der Waals surface area contributed by atoms with Gasteiger partial charge in [-0.2, -0.15) is 5.10 Å². The first-order valence-electron chi connectivity index (χ1n) is 9.18. The van der Waals surface area contributed by atoms with Crippen molar-refractivity contribution >= 4 is 28.4 Å². The SMILES string of the molecule is O=C(N[C@H]1C[C@@H]2C[C@@](O)(c3cc(Cl)cc4cn[nH]c34)C[C@@H]2C1)C1CC1. The third-order valence-corrected chi connectivity index (χ3v) is 6.57. The molecule has 3 aliphatic rings. The molecule has 4 atom stereocenters. The van der Waals surface area contributed by atoms with Gasteiger partial charge in [0.1, 0.15) is 0 Å². The number of hydrogen-bond donors (Lipinski definition) is 3. The molecule has 6 heteroatoms. The summed E-state index contributed by atoms with van der Waals surface area (Å²) in [7, 11) is 0. The summed E-state index contributed by atoms with van der Waals surface area (Å²) in [6, 6.07) is 4.02. The van der Waals surface area contributed by atoms with Gasteiger partial charge >= 0.3 is 0 Å². The van der Waals surface area contributed by atoms with Gasteiger partial charge in [0.25, 0.3) is 0 Å². The van der Waals surface area contributed by atoms with Gasteiger partial charge in [-0.15, -0.1) is 0 Å². The fourth-order valence-electron chi connectivity index (χ4n) is 5.05. The van der Waals surface area contributed by atoms with Crippen LogP contribution in [-0.4, -0.2) is 27.3 Å². The summed E-state index contributed by atoms with van der Waals surface area (Å²) in [5, 5.41) is 23.3. The molecule has 3 fully saturated rings. The lowest BCUT2D eigenvalue weighted by Crippen LogP contribution is -2.35. The summed E-state index contributed by atoms with van der Waals surface area (Å²) in [5.74, 6) is 1.39. The van der Waals surface area contributed by atoms with Crippen molar-refractivity contribution in [3.63, 3.8) is 0 Å². The van der Waals surface area contributed by atoms with Crippen molar-refractivity contribution < 1.29 is 9.90 Å². The summed E-state index contributed by atoms with van der Waals surface area (Å²) in [6.45, 7) is 0. The van der Waals surface area contributed by atoms with Crippen LogP contribution in [0.2, 0.25) is 5.02 Å². The van der Waals surface area contributed by atoms with Crippen LogP contribution in [0.25, 0.3) is 10.9 Å². The van der Waals surface area contributed by atoms with Gasteiger partial charge in [-0.25, -0.2) is 0 Å². The van der Waals surface area contributed by atoms with Crippen molar-refractivity contribution in [2.45, 2.75) is 50.2 Å². The maximum atomic E-state index is 12.0. The molecular weight excluding hydrogens is 338 g/mol. The van der Waals surface area contributed by atoms with E-state index in [0.717, 1.165) is 55.0 Å². The van der Waals surface area contributed by atoms with Gasteiger partial charge in [-0.05, 0) is 62.5 Å². The number of aromatic amines is 1. The molecule has 3 N–H and O–H groups in total. The largest absolute Gasteiger partial charge is 0.385 e. The molecule has 0 spiro atoms. The molecule has 0 bridgehead atoms. The van der Waals surface area contributed by atoms with Gasteiger partial charge in [-0.1, -0.05) is 11.6 Å². The second kappa shape index (κ2) is 5.45. The number of benzene rings is 1. The van der Waals surface area contributed by atoms with Crippen LogP contribution in [0.1, 0.15) is 44.1 Å². The van der Waals surface area contributed by atoms with Crippen LogP contribution in [0, 0.1) is 17.8 Å². The molecule has 1 amide bonds. The van der Waals surface area contributed by atoms with Gasteiger partial charge in [-0.3, -0.25) is 9.89 Å². The van der Waals surface area contributed by atoms with Crippen molar-refractivity contribution in [3.05, 3.63) is 28.9 Å². The molecule has 0 radical (unpaired) electrons. The van der Waals surface area contributed by atoms with E-state index < -0.39 is 5.60 Å². The van der Waals surface area contributed by atoms with E-state index in [4.69, 9.17) is 11.6 Å². The topological polar surface area (TPSA) is 78.0 Å². The van der Waals surface area contributed by atoms with E-state index in [9.17, 15) is 9.90 Å². The molecule has 1 aromatic carbocycles. The monoisotopic (exact) mass is 359 g/mol. The molecule has 132 valence electrons. The number of H-pyrrole nitrogens is 1. The number of carbonyl (C=O) groups is 1. The molecule has 2 aromatic rings. The molecule has 0 aliphatic heterocycles. The van der Waals surface area contributed by atoms with Gasteiger partial charge in [0.15, 0.2) is 0 Å². The highest BCUT2D eigenvalue weighted by Gasteiger charge is 2.50. The van der Waals surface area contributed by atoms with Crippen molar-refractivity contribution in [2.75, 3.05) is 0 Å². The number of nitrogens with zero attached hydrogens (tertiary/aromatic N) is 1. The number of halogens is 1. The van der Waals surface area contributed by atoms with Crippen LogP contribution < -0.4 is 5.32 Å². The quantitative estimate of drug-likeness (QED) is 0.787. The standard InChI is InChI=1S/C19H22ClN3O2/c20-14-3-13-9-21-23-17(13)16(6-14)19(25)7-11-4-15(5-12(11)8-19)22-18(24)10-1-2-10/h3,6,9-12,15,25H,1-2,4-5,7-8H2,(H,21,23)(H,22,24)/t11-,12+,15+,19+. The van der Waals surface area contributed by atoms with Gasteiger partial charge in [0.05, 0.1) is 17.3 Å². The molecule has 1 heterocycles. The zero-order chi connectivity index (χ0) is 17.2. The Balaban J connectivity index is 1.35. The fraction of sp³-hybridized carbons (Fsp3) is 0.579. The van der Waals surface area contributed by atoms with Crippen LogP contribution in [0.4, 0.5) is 0 Å². The lowest BCUT2D eigenvalue weighted by atomic mass is 9.87. The molecule has 0 saturated heterocycles. The molecule has 1 aromatic heterocycles. The Labute approximate surface area is 151 Å². The Morgan fingerprint density at radius 3 is 2.68 bits per heavy atom. The molecule has 0 unspecified atom stereocenters. The summed E-state index contributed by atoms with van der Waals surface area (Å²) >= 11 is 6.26. The average molecular weight is 360 g/mol. The Morgan fingerprint density at radius 2 is 2.00 bits per heavy atom. The van der Waals surface area contributed by atoms with Crippen LogP contribution in [-0.2, 0) is 10.4 Å². The van der Waals surface area contributed by atoms with Crippen LogP contribution in [0.15, 0.2) is 18.3 Å². The third-order valence-electron chi connectivity index (χ3n) is 6.35. The first-order valence-corrected chi connectivity index (χ1v) is 9.55. The fourth-order valence-corrected chi connectivity index (χ4v) is 5.28. The van der Waals surface area contributed by atoms with Crippen molar-refractivity contribution in [3.8, 4) is 0 Å². The lowest BCUT2D eigenvalue weighted by molar-refractivity contribution is -0.123. The van der Waals surface area contributed by atoms with Gasteiger partial charge in [0.2, 0.25) is 5.91 Å². The number of aromatic nitrogens is 2. The number of fused-ring (bicyclic) bond motifs is 2. The van der Waals surface area contributed by atoms with E-state index in [2.05, 4.69) is 15.5 Å². The van der Waals surface area contributed by atoms with Crippen molar-refractivity contribution in [1.29, 1.82) is 0 Å². The predicted molar refractivity (Wildman–Crippen MR) is 95.1 cm³/mol. The van der Waals surface area contributed by atoms with E-state index in [1.165, 1.54) is 0 Å². The van der Waals surface area contributed by atoms with E-state index in [1.54, 1.807) is 6.20 Å². The zero-order valence-electron chi connectivity index (χ0n) is 14.0. The molecular formula is C19H22ClN3O2. The number of nitrogens with one attached hydrogen (secondary N) is 2.